The fourth-order valence-electron chi connectivity index (χ4n) is 4.07. The molecule has 6 nitrogen and oxygen atoms in total. The van der Waals surface area contributed by atoms with Crippen LogP contribution in [0, 0.1) is 11.8 Å². The second-order valence-corrected chi connectivity index (χ2v) is 10.3. The molecule has 3 aromatic carbocycles. The molecule has 0 saturated carbocycles. The predicted molar refractivity (Wildman–Crippen MR) is 139 cm³/mol. The molecule has 1 aliphatic rings. The third kappa shape index (κ3) is 5.20. The van der Waals surface area contributed by atoms with Crippen LogP contribution in [-0.4, -0.2) is 30.2 Å². The monoisotopic (exact) mass is 493 g/mol. The van der Waals surface area contributed by atoms with Crippen molar-refractivity contribution in [3.63, 3.8) is 0 Å². The van der Waals surface area contributed by atoms with Crippen LogP contribution in [0.5, 0.6) is 0 Å². The molecule has 0 aliphatic carbocycles. The summed E-state index contributed by atoms with van der Waals surface area (Å²) in [7, 11) is -3.74. The molecule has 0 fully saturated rings. The number of nitrogens with one attached hydrogen (secondary N) is 1. The smallest absolute Gasteiger partial charge is 0.255 e. The van der Waals surface area contributed by atoms with Crippen molar-refractivity contribution in [3.8, 4) is 11.8 Å². The Balaban J connectivity index is 1.32. The van der Waals surface area contributed by atoms with Gasteiger partial charge in [0.1, 0.15) is 5.69 Å². The van der Waals surface area contributed by atoms with Crippen molar-refractivity contribution in [2.24, 2.45) is 0 Å². The number of anilines is 1. The largest absolute Gasteiger partial charge is 0.322 e. The number of nitrogens with zero attached hydrogens (tertiary/aromatic N) is 2. The summed E-state index contributed by atoms with van der Waals surface area (Å²) >= 11 is 0. The van der Waals surface area contributed by atoms with E-state index in [4.69, 9.17) is 0 Å². The van der Waals surface area contributed by atoms with E-state index < -0.39 is 15.9 Å². The van der Waals surface area contributed by atoms with Gasteiger partial charge in [-0.05, 0) is 72.0 Å². The average molecular weight is 494 g/mol. The number of carbonyl (C=O) groups excluding carboxylic acids is 1. The lowest BCUT2D eigenvalue weighted by Crippen LogP contribution is -2.36. The summed E-state index contributed by atoms with van der Waals surface area (Å²) in [6.45, 7) is 0.726. The van der Waals surface area contributed by atoms with E-state index in [0.717, 1.165) is 11.1 Å². The lowest BCUT2D eigenvalue weighted by Gasteiger charge is -2.28. The summed E-state index contributed by atoms with van der Waals surface area (Å²) in [5.41, 5.74) is 4.38. The second kappa shape index (κ2) is 10.2. The number of benzene rings is 3. The van der Waals surface area contributed by atoms with Crippen molar-refractivity contribution in [1.29, 1.82) is 0 Å². The minimum absolute atomic E-state index is 0.101. The minimum atomic E-state index is -3.74. The Hall–Kier alpha value is -4.25. The number of sulfonamides is 1. The van der Waals surface area contributed by atoms with Gasteiger partial charge >= 0.3 is 0 Å². The van der Waals surface area contributed by atoms with Crippen molar-refractivity contribution in [3.05, 3.63) is 125 Å². The predicted octanol–water partition coefficient (Wildman–Crippen LogP) is 4.48. The molecule has 5 rings (SSSR count). The average Bonchev–Trinajstić information content (AvgIpc) is 2.92. The molecule has 36 heavy (non-hydrogen) atoms. The van der Waals surface area contributed by atoms with E-state index in [2.05, 4.69) is 22.1 Å². The van der Waals surface area contributed by atoms with Crippen LogP contribution in [0.15, 0.2) is 102 Å². The topological polar surface area (TPSA) is 79.4 Å². The molecular formula is C29H23N3O3S. The third-order valence-electron chi connectivity index (χ3n) is 5.95. The van der Waals surface area contributed by atoms with Gasteiger partial charge in [-0.15, -0.1) is 0 Å². The summed E-state index contributed by atoms with van der Waals surface area (Å²) in [6, 6.07) is 26.7. The summed E-state index contributed by atoms with van der Waals surface area (Å²) in [5, 5.41) is 2.84. The second-order valence-electron chi connectivity index (χ2n) is 8.39. The van der Waals surface area contributed by atoms with Crippen molar-refractivity contribution in [2.75, 3.05) is 11.9 Å². The van der Waals surface area contributed by atoms with Gasteiger partial charge in [-0.25, -0.2) is 13.4 Å². The summed E-state index contributed by atoms with van der Waals surface area (Å²) in [6.07, 6.45) is 2.34. The van der Waals surface area contributed by atoms with Crippen LogP contribution < -0.4 is 5.32 Å². The quantitative estimate of drug-likeness (QED) is 0.425. The molecule has 0 atom stereocenters. The third-order valence-corrected chi connectivity index (χ3v) is 7.79. The number of fused-ring (bicyclic) bond motifs is 1. The number of rotatable bonds is 4. The highest BCUT2D eigenvalue weighted by atomic mass is 32.2. The Labute approximate surface area is 210 Å². The van der Waals surface area contributed by atoms with Gasteiger partial charge in [0, 0.05) is 36.1 Å². The molecule has 1 aromatic heterocycles. The summed E-state index contributed by atoms with van der Waals surface area (Å²) < 4.78 is 28.1. The van der Waals surface area contributed by atoms with E-state index in [1.165, 1.54) is 22.0 Å². The van der Waals surface area contributed by atoms with Crippen LogP contribution in [0.4, 0.5) is 5.69 Å². The number of carbonyl (C=O) groups is 1. The Morgan fingerprint density at radius 1 is 0.861 bits per heavy atom. The summed E-state index contributed by atoms with van der Waals surface area (Å²) in [4.78, 5) is 17.2. The van der Waals surface area contributed by atoms with E-state index in [-0.39, 0.29) is 10.5 Å². The lowest BCUT2D eigenvalue weighted by molar-refractivity contribution is 0.102. The van der Waals surface area contributed by atoms with Crippen LogP contribution in [0.25, 0.3) is 0 Å². The van der Waals surface area contributed by atoms with Crippen LogP contribution in [-0.2, 0) is 23.0 Å². The highest BCUT2D eigenvalue weighted by Gasteiger charge is 2.28. The maximum Gasteiger partial charge on any atom is 0.255 e. The molecule has 4 aromatic rings. The fourth-order valence-corrected chi connectivity index (χ4v) is 5.54. The number of hydrogen-bond acceptors (Lipinski definition) is 4. The van der Waals surface area contributed by atoms with Crippen LogP contribution >= 0.6 is 0 Å². The van der Waals surface area contributed by atoms with E-state index in [1.807, 2.05) is 48.5 Å². The zero-order valence-electron chi connectivity index (χ0n) is 19.4. The van der Waals surface area contributed by atoms with Gasteiger partial charge in [0.2, 0.25) is 10.0 Å². The molecule has 1 aliphatic heterocycles. The molecular weight excluding hydrogens is 470 g/mol. The first-order valence-corrected chi connectivity index (χ1v) is 12.9. The first kappa shape index (κ1) is 23.5. The van der Waals surface area contributed by atoms with Gasteiger partial charge in [0.15, 0.2) is 0 Å². The van der Waals surface area contributed by atoms with Crippen LogP contribution in [0.3, 0.4) is 0 Å². The molecule has 1 N–H and O–H groups in total. The standard InChI is InChI=1S/C29H23N3O3S/c33-29(31-27-12-5-7-22(19-27)14-15-26-11-3-4-17-30-26)24-10-6-13-28(20-24)36(34,35)32-18-16-23-8-1-2-9-25(23)21-32/h1-13,17,19-20H,16,18,21H2,(H,31,33). The van der Waals surface area contributed by atoms with Crippen LogP contribution in [0.2, 0.25) is 0 Å². The fraction of sp³-hybridized carbons (Fsp3) is 0.103. The highest BCUT2D eigenvalue weighted by molar-refractivity contribution is 7.89. The van der Waals surface area contributed by atoms with E-state index in [0.29, 0.717) is 30.9 Å². The Morgan fingerprint density at radius 3 is 2.50 bits per heavy atom. The number of amides is 1. The summed E-state index contributed by atoms with van der Waals surface area (Å²) in [5.74, 6) is 5.63. The molecule has 0 bridgehead atoms. The normalized spacial score (nSPS) is 13.2. The maximum absolute atomic E-state index is 13.3. The molecule has 178 valence electrons. The first-order valence-electron chi connectivity index (χ1n) is 11.5. The van der Waals surface area contributed by atoms with Gasteiger partial charge < -0.3 is 5.32 Å². The molecule has 1 amide bonds. The van der Waals surface area contributed by atoms with Gasteiger partial charge in [0.05, 0.1) is 4.90 Å². The van der Waals surface area contributed by atoms with Gasteiger partial charge in [-0.3, -0.25) is 4.79 Å². The van der Waals surface area contributed by atoms with Gasteiger partial charge in [-0.2, -0.15) is 4.31 Å². The van der Waals surface area contributed by atoms with E-state index >= 15 is 0 Å². The molecule has 0 spiro atoms. The molecule has 7 heteroatoms. The Kier molecular flexibility index (Phi) is 6.63. The number of pyridine rings is 1. The van der Waals surface area contributed by atoms with Gasteiger partial charge in [0.25, 0.3) is 5.91 Å². The van der Waals surface area contributed by atoms with Crippen molar-refractivity contribution in [1.82, 2.24) is 9.29 Å². The molecule has 0 radical (unpaired) electrons. The maximum atomic E-state index is 13.3. The minimum Gasteiger partial charge on any atom is -0.322 e. The van der Waals surface area contributed by atoms with Gasteiger partial charge in [-0.1, -0.05) is 48.4 Å². The first-order chi connectivity index (χ1) is 17.5. The SMILES string of the molecule is O=C(Nc1cccc(C#Cc2ccccn2)c1)c1cccc(S(=O)(=O)N2CCc3ccccc3C2)c1. The zero-order valence-corrected chi connectivity index (χ0v) is 20.2. The van der Waals surface area contributed by atoms with E-state index in [9.17, 15) is 13.2 Å². The molecule has 2 heterocycles. The zero-order chi connectivity index (χ0) is 25.0. The van der Waals surface area contributed by atoms with E-state index in [1.54, 1.807) is 36.5 Å². The van der Waals surface area contributed by atoms with Crippen molar-refractivity contribution in [2.45, 2.75) is 17.9 Å². The Morgan fingerprint density at radius 2 is 1.67 bits per heavy atom. The highest BCUT2D eigenvalue weighted by Crippen LogP contribution is 2.25. The number of aromatic nitrogens is 1. The Bertz CT molecular complexity index is 1590. The lowest BCUT2D eigenvalue weighted by atomic mass is 10.0. The van der Waals surface area contributed by atoms with Crippen molar-refractivity contribution < 1.29 is 13.2 Å². The van der Waals surface area contributed by atoms with Crippen LogP contribution in [0.1, 0.15) is 32.7 Å². The number of hydrogen-bond donors (Lipinski definition) is 1. The van der Waals surface area contributed by atoms with Crippen molar-refractivity contribution >= 4 is 21.6 Å². The molecule has 0 unspecified atom stereocenters. The molecule has 0 saturated heterocycles.